The molecule has 0 aromatic heterocycles. The van der Waals surface area contributed by atoms with Gasteiger partial charge in [0, 0.05) is 10.5 Å². The Hall–Kier alpha value is 2.84. The second kappa shape index (κ2) is 6.53. The van der Waals surface area contributed by atoms with Crippen LogP contribution >= 0.6 is 84.3 Å². The predicted molar refractivity (Wildman–Crippen MR) is 98.0 cm³/mol. The fourth-order valence-electron chi connectivity index (χ4n) is 3.46. The third-order valence-electron chi connectivity index (χ3n) is 4.15. The minimum Gasteiger partial charge on any atom is -0.126 e. The Morgan fingerprint density at radius 3 is 2.39 bits per heavy atom. The third kappa shape index (κ3) is 3.59. The molecule has 3 aliphatic rings. The van der Waals surface area contributed by atoms with E-state index in [4.69, 9.17) is 33.2 Å². The van der Waals surface area contributed by atoms with E-state index in [9.17, 15) is 0 Å². The van der Waals surface area contributed by atoms with Gasteiger partial charge in [-0.15, -0.1) is 33.2 Å². The topological polar surface area (TPSA) is 0 Å². The highest BCUT2D eigenvalue weighted by atomic mass is 35.8. The molecule has 2 saturated carbocycles. The fourth-order valence-corrected chi connectivity index (χ4v) is 16.7. The van der Waals surface area contributed by atoms with E-state index in [1.165, 1.54) is 12.8 Å². The summed E-state index contributed by atoms with van der Waals surface area (Å²) in [5.41, 5.74) is 0. The Morgan fingerprint density at radius 1 is 0.944 bits per heavy atom. The van der Waals surface area contributed by atoms with Gasteiger partial charge in [-0.05, 0) is 72.5 Å². The van der Waals surface area contributed by atoms with Crippen molar-refractivity contribution in [3.63, 3.8) is 0 Å². The molecule has 1 aliphatic heterocycles. The number of hydrogen-bond acceptors (Lipinski definition) is 5. The van der Waals surface area contributed by atoms with E-state index in [0.717, 1.165) is 40.7 Å². The van der Waals surface area contributed by atoms with Gasteiger partial charge in [-0.3, -0.25) is 0 Å². The van der Waals surface area contributed by atoms with E-state index < -0.39 is 6.00 Å². The first-order valence-electron chi connectivity index (χ1n) is 5.93. The molecule has 1 heterocycles. The molecule has 0 nitrogen and oxygen atoms in total. The minimum atomic E-state index is -2.41. The maximum Gasteiger partial charge on any atom is 0.341 e. The van der Waals surface area contributed by atoms with Crippen molar-refractivity contribution in [3.05, 3.63) is 0 Å². The van der Waals surface area contributed by atoms with Gasteiger partial charge in [0.2, 0.25) is 0 Å². The first-order chi connectivity index (χ1) is 8.54. The molecule has 0 radical (unpaired) electrons. The van der Waals surface area contributed by atoms with Crippen LogP contribution in [-0.2, 0) is 0 Å². The Kier molecular flexibility index (Phi) is 5.70. The highest BCUT2D eigenvalue weighted by Gasteiger charge is 2.54. The smallest absolute Gasteiger partial charge is 0.126 e. The SMILES string of the molecule is Cl[Si](Cl)(Cl)CCC1CC2CC1C1SSSSSC21. The summed E-state index contributed by atoms with van der Waals surface area (Å²) in [5, 5.41) is 1.71. The molecule has 104 valence electrons. The van der Waals surface area contributed by atoms with Crippen molar-refractivity contribution in [2.45, 2.75) is 35.8 Å². The Labute approximate surface area is 142 Å². The first-order valence-corrected chi connectivity index (χ1v) is 17.5. The Balaban J connectivity index is 1.61. The maximum absolute atomic E-state index is 6.03. The van der Waals surface area contributed by atoms with Gasteiger partial charge in [-0.1, -0.05) is 21.6 Å². The molecule has 0 N–H and O–H groups in total. The molecule has 18 heavy (non-hydrogen) atoms. The normalized spacial score (nSPS) is 43.8. The molecule has 9 heteroatoms. The van der Waals surface area contributed by atoms with Crippen LogP contribution in [0.25, 0.3) is 0 Å². The number of fused-ring (bicyclic) bond motifs is 5. The van der Waals surface area contributed by atoms with Gasteiger partial charge >= 0.3 is 6.00 Å². The van der Waals surface area contributed by atoms with Gasteiger partial charge in [0.25, 0.3) is 0 Å². The summed E-state index contributed by atoms with van der Waals surface area (Å²) < 4.78 is 0. The molecular formula is C9H13Cl3S5Si. The van der Waals surface area contributed by atoms with Gasteiger partial charge in [-0.2, -0.15) is 0 Å². The number of halogens is 3. The van der Waals surface area contributed by atoms with Crippen molar-refractivity contribution < 1.29 is 0 Å². The van der Waals surface area contributed by atoms with Gasteiger partial charge < -0.3 is 0 Å². The zero-order chi connectivity index (χ0) is 12.8. The van der Waals surface area contributed by atoms with E-state index in [2.05, 4.69) is 21.6 Å². The van der Waals surface area contributed by atoms with E-state index >= 15 is 0 Å². The van der Waals surface area contributed by atoms with Crippen LogP contribution in [0.2, 0.25) is 6.04 Å². The Bertz CT molecular complexity index is 315. The monoisotopic (exact) mass is 414 g/mol. The van der Waals surface area contributed by atoms with Crippen molar-refractivity contribution in [2.24, 2.45) is 17.8 Å². The summed E-state index contributed by atoms with van der Waals surface area (Å²) >= 11 is 18.1. The minimum absolute atomic E-state index is 0.821. The van der Waals surface area contributed by atoms with E-state index in [1.807, 2.05) is 29.5 Å². The quantitative estimate of drug-likeness (QED) is 0.282. The maximum atomic E-state index is 6.03. The lowest BCUT2D eigenvalue weighted by Crippen LogP contribution is -2.32. The highest BCUT2D eigenvalue weighted by molar-refractivity contribution is 9.36. The van der Waals surface area contributed by atoms with Crippen molar-refractivity contribution in [3.8, 4) is 0 Å². The van der Waals surface area contributed by atoms with Gasteiger partial charge in [0.05, 0.1) is 0 Å². The molecule has 2 bridgehead atoms. The van der Waals surface area contributed by atoms with Crippen LogP contribution in [0, 0.1) is 17.8 Å². The number of rotatable bonds is 3. The van der Waals surface area contributed by atoms with Crippen LogP contribution in [0.15, 0.2) is 0 Å². The zero-order valence-electron chi connectivity index (χ0n) is 9.39. The van der Waals surface area contributed by atoms with E-state index in [0.29, 0.717) is 0 Å². The molecular weight excluding hydrogens is 403 g/mol. The van der Waals surface area contributed by atoms with Crippen molar-refractivity contribution in [2.75, 3.05) is 0 Å². The van der Waals surface area contributed by atoms with Crippen LogP contribution in [-0.4, -0.2) is 16.5 Å². The van der Waals surface area contributed by atoms with Gasteiger partial charge in [0.15, 0.2) is 0 Å². The molecule has 3 rings (SSSR count). The second-order valence-corrected chi connectivity index (χ2v) is 22.3. The molecule has 0 spiro atoms. The highest BCUT2D eigenvalue weighted by Crippen LogP contribution is 2.67. The molecule has 0 aromatic rings. The summed E-state index contributed by atoms with van der Waals surface area (Å²) in [5.74, 6) is 2.62. The molecule has 5 atom stereocenters. The predicted octanol–water partition coefficient (Wildman–Crippen LogP) is 6.76. The average molecular weight is 416 g/mol. The standard InChI is InChI=1S/C9H13Cl3S5Si/c10-18(11,12)2-1-5-3-6-4-7(5)9-8(6)13-15-17-16-14-9/h5-9H,1-4H2. The van der Waals surface area contributed by atoms with Gasteiger partial charge in [-0.25, -0.2) is 0 Å². The Morgan fingerprint density at radius 2 is 1.67 bits per heavy atom. The average Bonchev–Trinajstić information content (AvgIpc) is 2.74. The van der Waals surface area contributed by atoms with Crippen LogP contribution in [0.5, 0.6) is 0 Å². The third-order valence-corrected chi connectivity index (χ3v) is 16.5. The molecule has 0 aromatic carbocycles. The summed E-state index contributed by atoms with van der Waals surface area (Å²) in [6.45, 7) is 0. The first kappa shape index (κ1) is 15.7. The molecule has 0 amide bonds. The van der Waals surface area contributed by atoms with Crippen LogP contribution in [0.3, 0.4) is 0 Å². The van der Waals surface area contributed by atoms with E-state index in [-0.39, 0.29) is 0 Å². The van der Waals surface area contributed by atoms with E-state index in [1.54, 1.807) is 0 Å². The second-order valence-electron chi connectivity index (χ2n) is 5.14. The zero-order valence-corrected chi connectivity index (χ0v) is 16.7. The van der Waals surface area contributed by atoms with Crippen molar-refractivity contribution >= 4 is 90.3 Å². The van der Waals surface area contributed by atoms with Crippen LogP contribution < -0.4 is 0 Å². The summed E-state index contributed by atoms with van der Waals surface area (Å²) in [7, 11) is 10.1. The lowest BCUT2D eigenvalue weighted by Gasteiger charge is -2.33. The summed E-state index contributed by atoms with van der Waals surface area (Å²) in [4.78, 5) is 0. The van der Waals surface area contributed by atoms with Crippen LogP contribution in [0.4, 0.5) is 0 Å². The van der Waals surface area contributed by atoms with Crippen LogP contribution in [0.1, 0.15) is 19.3 Å². The molecule has 5 unspecified atom stereocenters. The summed E-state index contributed by atoms with van der Waals surface area (Å²) in [6, 6.07) is -1.57. The number of hydrogen-bond donors (Lipinski definition) is 0. The van der Waals surface area contributed by atoms with Gasteiger partial charge in [0.1, 0.15) is 0 Å². The molecule has 3 fully saturated rings. The van der Waals surface area contributed by atoms with Crippen molar-refractivity contribution in [1.29, 1.82) is 0 Å². The van der Waals surface area contributed by atoms with Crippen molar-refractivity contribution in [1.82, 2.24) is 0 Å². The summed E-state index contributed by atoms with van der Waals surface area (Å²) in [6.07, 6.45) is 3.95. The largest absolute Gasteiger partial charge is 0.341 e. The lowest BCUT2D eigenvalue weighted by atomic mass is 9.86. The molecule has 1 saturated heterocycles. The lowest BCUT2D eigenvalue weighted by molar-refractivity contribution is 0.339. The fraction of sp³-hybridized carbons (Fsp3) is 1.00. The molecule has 2 aliphatic carbocycles.